The van der Waals surface area contributed by atoms with Crippen LogP contribution in [0.25, 0.3) is 0 Å². The Balaban J connectivity index is 1.53. The molecule has 3 atom stereocenters. The van der Waals surface area contributed by atoms with E-state index in [2.05, 4.69) is 4.98 Å². The number of nitrogens with zero attached hydrogens (tertiary/aromatic N) is 2. The fraction of sp³-hybridized carbons (Fsp3) is 0.312. The Morgan fingerprint density at radius 2 is 1.45 bits per heavy atom. The quantitative estimate of drug-likeness (QED) is 0.278. The molecule has 2 N–H and O–H groups in total. The lowest BCUT2D eigenvalue weighted by molar-refractivity contribution is -0.0944. The van der Waals surface area contributed by atoms with E-state index in [0.717, 1.165) is 16.7 Å². The van der Waals surface area contributed by atoms with Crippen molar-refractivity contribution in [3.05, 3.63) is 123 Å². The predicted molar refractivity (Wildman–Crippen MR) is 158 cm³/mol. The van der Waals surface area contributed by atoms with Gasteiger partial charge in [-0.25, -0.2) is 4.79 Å². The molecular formula is C32H35N3O7. The molecule has 10 heteroatoms. The average Bonchev–Trinajstić information content (AvgIpc) is 3.38. The van der Waals surface area contributed by atoms with Crippen LogP contribution in [0, 0.1) is 0 Å². The molecule has 0 amide bonds. The lowest BCUT2D eigenvalue weighted by Crippen LogP contribution is -2.38. The fourth-order valence-corrected chi connectivity index (χ4v) is 5.32. The highest BCUT2D eigenvalue weighted by Gasteiger charge is 2.42. The molecule has 10 nitrogen and oxygen atoms in total. The smallest absolute Gasteiger partial charge is 0.330 e. The zero-order valence-corrected chi connectivity index (χ0v) is 24.0. The van der Waals surface area contributed by atoms with E-state index < -0.39 is 35.3 Å². The Morgan fingerprint density at radius 1 is 0.905 bits per heavy atom. The van der Waals surface area contributed by atoms with E-state index in [-0.39, 0.29) is 13.0 Å². The summed E-state index contributed by atoms with van der Waals surface area (Å²) in [7, 11) is 6.65. The first-order valence-electron chi connectivity index (χ1n) is 13.6. The van der Waals surface area contributed by atoms with Crippen LogP contribution in [0.5, 0.6) is 11.5 Å². The Kier molecular flexibility index (Phi) is 8.49. The molecule has 0 bridgehead atoms. The molecule has 42 heavy (non-hydrogen) atoms. The van der Waals surface area contributed by atoms with Crippen LogP contribution in [0.1, 0.15) is 29.3 Å². The van der Waals surface area contributed by atoms with Crippen LogP contribution in [-0.2, 0) is 15.1 Å². The number of aliphatic hydroxyl groups is 1. The number of hydrogen-bond donors (Lipinski definition) is 2. The molecular weight excluding hydrogens is 538 g/mol. The van der Waals surface area contributed by atoms with Gasteiger partial charge in [0, 0.05) is 26.7 Å². The Hall–Kier alpha value is -4.38. The van der Waals surface area contributed by atoms with Crippen molar-refractivity contribution in [1.29, 1.82) is 0 Å². The molecule has 0 saturated carbocycles. The minimum absolute atomic E-state index is 0.00324. The molecule has 4 aromatic rings. The molecule has 220 valence electrons. The number of aromatic nitrogens is 2. The van der Waals surface area contributed by atoms with Crippen LogP contribution in [-0.4, -0.2) is 61.8 Å². The number of anilines is 1. The van der Waals surface area contributed by atoms with Crippen LogP contribution < -0.4 is 25.6 Å². The van der Waals surface area contributed by atoms with Gasteiger partial charge in [0.15, 0.2) is 0 Å². The first kappa shape index (κ1) is 29.1. The number of aromatic amines is 1. The lowest BCUT2D eigenvalue weighted by atomic mass is 9.80. The third kappa shape index (κ3) is 5.56. The summed E-state index contributed by atoms with van der Waals surface area (Å²) in [6, 6.07) is 25.1. The first-order valence-corrected chi connectivity index (χ1v) is 13.6. The number of nitrogens with one attached hydrogen (secondary N) is 1. The Labute approximate surface area is 243 Å². The third-order valence-corrected chi connectivity index (χ3v) is 7.58. The minimum atomic E-state index is -1.09. The van der Waals surface area contributed by atoms with E-state index in [1.165, 1.54) is 10.8 Å². The fourth-order valence-electron chi connectivity index (χ4n) is 5.32. The van der Waals surface area contributed by atoms with Crippen LogP contribution in [0.15, 0.2) is 94.6 Å². The zero-order valence-electron chi connectivity index (χ0n) is 24.0. The van der Waals surface area contributed by atoms with Crippen molar-refractivity contribution in [2.75, 3.05) is 39.8 Å². The van der Waals surface area contributed by atoms with Crippen molar-refractivity contribution < 1.29 is 24.1 Å². The monoisotopic (exact) mass is 573 g/mol. The van der Waals surface area contributed by atoms with Gasteiger partial charge in [-0.15, -0.1) is 0 Å². The summed E-state index contributed by atoms with van der Waals surface area (Å²) < 4.78 is 25.2. The van der Waals surface area contributed by atoms with Gasteiger partial charge in [-0.05, 0) is 41.0 Å². The van der Waals surface area contributed by atoms with Crippen molar-refractivity contribution in [3.63, 3.8) is 0 Å². The molecule has 2 heterocycles. The summed E-state index contributed by atoms with van der Waals surface area (Å²) in [6.45, 7) is 0.00324. The molecule has 0 unspecified atom stereocenters. The van der Waals surface area contributed by atoms with E-state index in [1.54, 1.807) is 33.2 Å². The molecule has 1 aromatic heterocycles. The first-order chi connectivity index (χ1) is 20.3. The van der Waals surface area contributed by atoms with Gasteiger partial charge in [-0.3, -0.25) is 14.3 Å². The number of hydrogen-bond acceptors (Lipinski definition) is 8. The number of aliphatic hydroxyl groups excluding tert-OH is 1. The number of H-pyrrole nitrogens is 1. The van der Waals surface area contributed by atoms with Gasteiger partial charge < -0.3 is 29.0 Å². The molecule has 1 aliphatic heterocycles. The lowest BCUT2D eigenvalue weighted by Gasteiger charge is -2.37. The summed E-state index contributed by atoms with van der Waals surface area (Å²) in [5.74, 6) is 1.41. The maximum absolute atomic E-state index is 12.7. The number of benzene rings is 3. The van der Waals surface area contributed by atoms with E-state index in [1.807, 2.05) is 78.9 Å². The van der Waals surface area contributed by atoms with Crippen molar-refractivity contribution in [3.8, 4) is 11.5 Å². The second kappa shape index (κ2) is 12.2. The summed E-state index contributed by atoms with van der Waals surface area (Å²) >= 11 is 0. The maximum atomic E-state index is 12.7. The van der Waals surface area contributed by atoms with Crippen LogP contribution in [0.2, 0.25) is 0 Å². The molecule has 0 radical (unpaired) electrons. The predicted octanol–water partition coefficient (Wildman–Crippen LogP) is 3.28. The van der Waals surface area contributed by atoms with Crippen molar-refractivity contribution in [2.24, 2.45) is 0 Å². The number of methoxy groups -OCH3 is 2. The van der Waals surface area contributed by atoms with Gasteiger partial charge in [0.2, 0.25) is 0 Å². The van der Waals surface area contributed by atoms with Crippen molar-refractivity contribution in [1.82, 2.24) is 9.55 Å². The maximum Gasteiger partial charge on any atom is 0.330 e. The van der Waals surface area contributed by atoms with Gasteiger partial charge in [-0.2, -0.15) is 0 Å². The molecule has 1 saturated heterocycles. The van der Waals surface area contributed by atoms with Crippen LogP contribution in [0.4, 0.5) is 5.69 Å². The van der Waals surface area contributed by atoms with E-state index in [4.69, 9.17) is 18.9 Å². The summed E-state index contributed by atoms with van der Waals surface area (Å²) in [4.78, 5) is 28.8. The second-order valence-corrected chi connectivity index (χ2v) is 10.3. The van der Waals surface area contributed by atoms with Gasteiger partial charge in [-0.1, -0.05) is 54.6 Å². The molecule has 3 aromatic carbocycles. The standard InChI is InChI=1S/C32H35N3O7/c1-34(2)26-19-35(31(38)33-30(26)37)29-18-27(36)28(42-29)20-41-32(21-8-6-5-7-9-21,22-10-14-24(39-3)15-11-22)23-12-16-25(40-4)17-13-23/h5-17,19,27-29,36H,18,20H2,1-4H3,(H,33,37,38)/t27-,28+,29+/m0/s1. The van der Waals surface area contributed by atoms with Gasteiger partial charge >= 0.3 is 5.69 Å². The highest BCUT2D eigenvalue weighted by atomic mass is 16.6. The number of rotatable bonds is 10. The zero-order chi connectivity index (χ0) is 29.9. The highest BCUT2D eigenvalue weighted by molar-refractivity contribution is 5.49. The summed E-state index contributed by atoms with van der Waals surface area (Å²) in [6.07, 6.45) is -0.862. The van der Waals surface area contributed by atoms with Crippen LogP contribution in [0.3, 0.4) is 0 Å². The van der Waals surface area contributed by atoms with E-state index in [0.29, 0.717) is 17.2 Å². The van der Waals surface area contributed by atoms with E-state index >= 15 is 0 Å². The Morgan fingerprint density at radius 3 is 1.98 bits per heavy atom. The molecule has 5 rings (SSSR count). The summed E-state index contributed by atoms with van der Waals surface area (Å²) in [5.41, 5.74) is 0.665. The molecule has 1 aliphatic rings. The molecule has 0 aliphatic carbocycles. The van der Waals surface area contributed by atoms with Crippen LogP contribution >= 0.6 is 0 Å². The summed E-state index contributed by atoms with van der Waals surface area (Å²) in [5, 5.41) is 11.1. The molecule has 1 fully saturated rings. The van der Waals surface area contributed by atoms with Gasteiger partial charge in [0.05, 0.1) is 26.9 Å². The van der Waals surface area contributed by atoms with E-state index in [9.17, 15) is 14.7 Å². The van der Waals surface area contributed by atoms with Gasteiger partial charge in [0.1, 0.15) is 35.1 Å². The number of ether oxygens (including phenoxy) is 4. The van der Waals surface area contributed by atoms with Crippen molar-refractivity contribution >= 4 is 5.69 Å². The third-order valence-electron chi connectivity index (χ3n) is 7.58. The SMILES string of the molecule is COc1ccc(C(OC[C@H]2O[C@@H](n3cc(N(C)C)c(=O)[nH]c3=O)C[C@@H]2O)(c2ccccc2)c2ccc(OC)cc2)cc1. The van der Waals surface area contributed by atoms with Gasteiger partial charge in [0.25, 0.3) is 5.56 Å². The topological polar surface area (TPSA) is 115 Å². The van der Waals surface area contributed by atoms with Crippen molar-refractivity contribution in [2.45, 2.75) is 30.5 Å². The average molecular weight is 574 g/mol. The second-order valence-electron chi connectivity index (χ2n) is 10.3. The molecule has 0 spiro atoms. The Bertz CT molecular complexity index is 1550. The highest BCUT2D eigenvalue weighted by Crippen LogP contribution is 2.42. The minimum Gasteiger partial charge on any atom is -0.497 e. The largest absolute Gasteiger partial charge is 0.497 e. The normalized spacial score (nSPS) is 18.5.